The van der Waals surface area contributed by atoms with Crippen molar-refractivity contribution in [2.75, 3.05) is 0 Å². The maximum absolute atomic E-state index is 7.25. The topological polar surface area (TPSA) is 39.4 Å². The summed E-state index contributed by atoms with van der Waals surface area (Å²) in [4.78, 5) is 0. The highest BCUT2D eigenvalue weighted by Gasteiger charge is 2.27. The lowest BCUT2D eigenvalue weighted by Gasteiger charge is -2.17. The van der Waals surface area contributed by atoms with E-state index in [2.05, 4.69) is 158 Å². The van der Waals surface area contributed by atoms with Gasteiger partial charge in [-0.25, -0.2) is 0 Å². The van der Waals surface area contributed by atoms with Gasteiger partial charge in [0.1, 0.15) is 33.7 Å². The van der Waals surface area contributed by atoms with Crippen LogP contribution in [0.2, 0.25) is 0 Å². The van der Waals surface area contributed by atoms with Crippen molar-refractivity contribution in [3.63, 3.8) is 0 Å². The van der Waals surface area contributed by atoms with E-state index in [0.717, 1.165) is 110 Å². The molecule has 0 aliphatic rings. The van der Waals surface area contributed by atoms with Crippen molar-refractivity contribution in [1.82, 2.24) is 0 Å². The Morgan fingerprint density at radius 1 is 0.283 bits per heavy atom. The van der Waals surface area contributed by atoms with Gasteiger partial charge in [0.2, 0.25) is 0 Å². The molecule has 0 spiro atoms. The molecule has 246 valence electrons. The fourth-order valence-corrected chi connectivity index (χ4v) is 8.86. The van der Waals surface area contributed by atoms with Crippen molar-refractivity contribution >= 4 is 87.2 Å². The van der Waals surface area contributed by atoms with Gasteiger partial charge in [0.25, 0.3) is 0 Å². The van der Waals surface area contributed by atoms with E-state index in [1.807, 2.05) is 12.1 Å². The third-order valence-electron chi connectivity index (χ3n) is 11.1. The van der Waals surface area contributed by atoms with Gasteiger partial charge in [-0.15, -0.1) is 0 Å². The summed E-state index contributed by atoms with van der Waals surface area (Å²) in [7, 11) is 0. The van der Waals surface area contributed by atoms with Crippen LogP contribution in [0.15, 0.2) is 183 Å². The molecule has 0 N–H and O–H groups in total. The Morgan fingerprint density at radius 3 is 1.66 bits per heavy atom. The van der Waals surface area contributed by atoms with Gasteiger partial charge in [0.15, 0.2) is 0 Å². The van der Waals surface area contributed by atoms with Gasteiger partial charge in [0.05, 0.1) is 5.39 Å². The van der Waals surface area contributed by atoms with E-state index in [9.17, 15) is 0 Å². The van der Waals surface area contributed by atoms with E-state index in [1.165, 1.54) is 10.8 Å². The van der Waals surface area contributed by atoms with Gasteiger partial charge in [-0.1, -0.05) is 146 Å². The summed E-state index contributed by atoms with van der Waals surface area (Å²) < 4.78 is 20.4. The molecule has 0 bridgehead atoms. The lowest BCUT2D eigenvalue weighted by atomic mass is 9.85. The van der Waals surface area contributed by atoms with E-state index in [4.69, 9.17) is 13.3 Å². The Bertz CT molecular complexity index is 3390. The number of furan rings is 3. The Labute approximate surface area is 302 Å². The zero-order valence-corrected chi connectivity index (χ0v) is 28.4. The molecule has 12 rings (SSSR count). The van der Waals surface area contributed by atoms with Gasteiger partial charge in [-0.05, 0) is 62.1 Å². The van der Waals surface area contributed by atoms with Crippen LogP contribution in [0.1, 0.15) is 0 Å². The van der Waals surface area contributed by atoms with Crippen LogP contribution in [0.4, 0.5) is 0 Å². The predicted octanol–water partition coefficient (Wildman–Crippen LogP) is 14.7. The fraction of sp³-hybridized carbons (Fsp3) is 0. The van der Waals surface area contributed by atoms with Gasteiger partial charge >= 0.3 is 0 Å². The highest BCUT2D eigenvalue weighted by molar-refractivity contribution is 6.28. The van der Waals surface area contributed by atoms with Crippen molar-refractivity contribution in [3.8, 4) is 33.6 Å². The van der Waals surface area contributed by atoms with Crippen molar-refractivity contribution in [1.29, 1.82) is 0 Å². The van der Waals surface area contributed by atoms with E-state index in [-0.39, 0.29) is 0 Å². The molecule has 0 saturated heterocycles. The average Bonchev–Trinajstić information content (AvgIpc) is 3.92. The van der Waals surface area contributed by atoms with Crippen LogP contribution in [0.25, 0.3) is 121 Å². The van der Waals surface area contributed by atoms with Gasteiger partial charge in [0, 0.05) is 43.8 Å². The first-order valence-corrected chi connectivity index (χ1v) is 18.0. The molecular formula is C50H28O3. The Balaban J connectivity index is 1.23. The molecule has 0 unspecified atom stereocenters. The maximum Gasteiger partial charge on any atom is 0.147 e. The Kier molecular flexibility index (Phi) is 5.77. The molecule has 3 heterocycles. The summed E-state index contributed by atoms with van der Waals surface area (Å²) in [5, 5.41) is 12.3. The van der Waals surface area contributed by atoms with E-state index >= 15 is 0 Å². The Hall–Kier alpha value is -7.10. The van der Waals surface area contributed by atoms with E-state index in [0.29, 0.717) is 0 Å². The number of hydrogen-bond donors (Lipinski definition) is 0. The monoisotopic (exact) mass is 676 g/mol. The standard InChI is InChI=1S/C50H28O3/c1-2-14-30(15-3-1)43-39-26-28-42-47(36-21-10-11-24-40(36)51-42)49(39)53-50(43)46-34-19-8-6-17-32(34)44(33-18-7-9-20-35(33)46)37-22-12-23-38-45-31-16-5-4-13-29(31)25-27-41(45)52-48(37)38/h1-28H. The third-order valence-corrected chi connectivity index (χ3v) is 11.1. The molecule has 12 aromatic rings. The highest BCUT2D eigenvalue weighted by atomic mass is 16.3. The summed E-state index contributed by atoms with van der Waals surface area (Å²) in [5.74, 6) is 0.844. The minimum absolute atomic E-state index is 0.815. The van der Waals surface area contributed by atoms with Crippen molar-refractivity contribution in [2.45, 2.75) is 0 Å². The summed E-state index contributed by atoms with van der Waals surface area (Å²) >= 11 is 0. The highest BCUT2D eigenvalue weighted by Crippen LogP contribution is 2.52. The predicted molar refractivity (Wildman–Crippen MR) is 220 cm³/mol. The Morgan fingerprint density at radius 2 is 0.887 bits per heavy atom. The summed E-state index contributed by atoms with van der Waals surface area (Å²) in [6.07, 6.45) is 0. The number of fused-ring (bicyclic) bond motifs is 12. The summed E-state index contributed by atoms with van der Waals surface area (Å²) in [6, 6.07) is 59.9. The second-order valence-corrected chi connectivity index (χ2v) is 13.9. The molecule has 0 amide bonds. The molecule has 9 aromatic carbocycles. The quantitative estimate of drug-likeness (QED) is 0.175. The molecule has 0 radical (unpaired) electrons. The first-order chi connectivity index (χ1) is 26.3. The van der Waals surface area contributed by atoms with Gasteiger partial charge in [-0.3, -0.25) is 0 Å². The molecule has 0 fully saturated rings. The van der Waals surface area contributed by atoms with E-state index < -0.39 is 0 Å². The second-order valence-electron chi connectivity index (χ2n) is 13.9. The molecule has 0 aliphatic carbocycles. The minimum atomic E-state index is 0.815. The van der Waals surface area contributed by atoms with Crippen LogP contribution in [0.5, 0.6) is 0 Å². The second kappa shape index (κ2) is 10.7. The third kappa shape index (κ3) is 3.94. The average molecular weight is 677 g/mol. The molecule has 0 atom stereocenters. The van der Waals surface area contributed by atoms with Crippen molar-refractivity contribution in [3.05, 3.63) is 170 Å². The maximum atomic E-state index is 7.25. The summed E-state index contributed by atoms with van der Waals surface area (Å²) in [6.45, 7) is 0. The van der Waals surface area contributed by atoms with Crippen LogP contribution in [0.3, 0.4) is 0 Å². The molecule has 0 aliphatic heterocycles. The lowest BCUT2D eigenvalue weighted by molar-refractivity contribution is 0.636. The molecular weight excluding hydrogens is 649 g/mol. The number of benzene rings is 9. The smallest absolute Gasteiger partial charge is 0.147 e. The SMILES string of the molecule is c1ccc(-c2c(-c3c4ccccc4c(-c4cccc5c4oc4ccc6ccccc6c45)c4ccccc34)oc3c2ccc2oc4ccccc4c23)cc1. The lowest BCUT2D eigenvalue weighted by Crippen LogP contribution is -1.91. The molecule has 0 saturated carbocycles. The molecule has 3 nitrogen and oxygen atoms in total. The molecule has 3 aromatic heterocycles. The molecule has 3 heteroatoms. The van der Waals surface area contributed by atoms with Gasteiger partial charge in [-0.2, -0.15) is 0 Å². The fourth-order valence-electron chi connectivity index (χ4n) is 8.86. The first-order valence-electron chi connectivity index (χ1n) is 18.0. The van der Waals surface area contributed by atoms with Crippen LogP contribution in [-0.2, 0) is 0 Å². The molecule has 53 heavy (non-hydrogen) atoms. The van der Waals surface area contributed by atoms with Crippen LogP contribution in [0, 0.1) is 0 Å². The van der Waals surface area contributed by atoms with Gasteiger partial charge < -0.3 is 13.3 Å². The number of hydrogen-bond acceptors (Lipinski definition) is 3. The minimum Gasteiger partial charge on any atom is -0.456 e. The number of para-hydroxylation sites is 2. The zero-order valence-electron chi connectivity index (χ0n) is 28.4. The normalized spacial score (nSPS) is 12.2. The van der Waals surface area contributed by atoms with Crippen molar-refractivity contribution < 1.29 is 13.3 Å². The van der Waals surface area contributed by atoms with E-state index in [1.54, 1.807) is 0 Å². The van der Waals surface area contributed by atoms with Crippen molar-refractivity contribution in [2.24, 2.45) is 0 Å². The van der Waals surface area contributed by atoms with Crippen LogP contribution in [-0.4, -0.2) is 0 Å². The van der Waals surface area contributed by atoms with Crippen LogP contribution >= 0.6 is 0 Å². The first kappa shape index (κ1) is 28.6. The number of rotatable bonds is 3. The van der Waals surface area contributed by atoms with Crippen LogP contribution < -0.4 is 0 Å². The zero-order chi connectivity index (χ0) is 34.6. The largest absolute Gasteiger partial charge is 0.456 e. The summed E-state index contributed by atoms with van der Waals surface area (Å²) in [5.41, 5.74) is 9.74.